The van der Waals surface area contributed by atoms with E-state index in [0.29, 0.717) is 12.4 Å². The minimum Gasteiger partial charge on any atom is -0.355 e. The normalized spacial score (nSPS) is 9.95. The molecule has 0 atom stereocenters. The lowest BCUT2D eigenvalue weighted by Crippen LogP contribution is -2.18. The van der Waals surface area contributed by atoms with Gasteiger partial charge in [0, 0.05) is 19.7 Å². The molecule has 0 spiro atoms. The summed E-state index contributed by atoms with van der Waals surface area (Å²) in [6, 6.07) is 10.4. The summed E-state index contributed by atoms with van der Waals surface area (Å²) < 4.78 is 12.8. The van der Waals surface area contributed by atoms with Crippen LogP contribution in [0.2, 0.25) is 0 Å². The number of hydrogen-bond acceptors (Lipinski definition) is 5. The topological polar surface area (TPSA) is 83.1 Å². The Morgan fingerprint density at radius 3 is 2.57 bits per heavy atom. The fourth-order valence-corrected chi connectivity index (χ4v) is 1.83. The molecule has 6 nitrogen and oxygen atoms in total. The average molecular weight is 286 g/mol. The Labute approximate surface area is 120 Å². The van der Waals surface area contributed by atoms with E-state index < -0.39 is 4.92 Å². The first-order valence-electron chi connectivity index (χ1n) is 6.02. The van der Waals surface area contributed by atoms with Gasteiger partial charge in [0.05, 0.1) is 4.92 Å². The standard InChI is InChI=1S/C14H11FN4O2/c1-18(9-10-2-4-11(15)5-3-10)14-7-6-13(19(20)21)12(8-16)17-14/h2-7H,9H2,1H3. The number of nitro groups is 1. The molecule has 106 valence electrons. The number of nitriles is 1. The zero-order chi connectivity index (χ0) is 15.4. The summed E-state index contributed by atoms with van der Waals surface area (Å²) in [5.41, 5.74) is 0.303. The SMILES string of the molecule is CN(Cc1ccc(F)cc1)c1ccc([N+](=O)[O-])c(C#N)n1. The number of nitrogens with zero attached hydrogens (tertiary/aromatic N) is 4. The van der Waals surface area contributed by atoms with Gasteiger partial charge < -0.3 is 4.90 Å². The predicted molar refractivity (Wildman–Crippen MR) is 74.1 cm³/mol. The summed E-state index contributed by atoms with van der Waals surface area (Å²) in [5.74, 6) is 0.114. The van der Waals surface area contributed by atoms with Crippen LogP contribution in [-0.2, 0) is 6.54 Å². The lowest BCUT2D eigenvalue weighted by molar-refractivity contribution is -0.385. The van der Waals surface area contributed by atoms with Gasteiger partial charge in [-0.2, -0.15) is 5.26 Å². The molecule has 21 heavy (non-hydrogen) atoms. The van der Waals surface area contributed by atoms with E-state index in [4.69, 9.17) is 5.26 Å². The summed E-state index contributed by atoms with van der Waals surface area (Å²) in [4.78, 5) is 15.8. The van der Waals surface area contributed by atoms with Crippen LogP contribution in [0.3, 0.4) is 0 Å². The third kappa shape index (κ3) is 3.30. The van der Waals surface area contributed by atoms with Crippen molar-refractivity contribution in [3.05, 3.63) is 63.6 Å². The lowest BCUT2D eigenvalue weighted by atomic mass is 10.2. The van der Waals surface area contributed by atoms with E-state index in [1.165, 1.54) is 24.3 Å². The molecule has 1 aromatic carbocycles. The van der Waals surface area contributed by atoms with Crippen LogP contribution in [0.25, 0.3) is 0 Å². The van der Waals surface area contributed by atoms with Crippen molar-refractivity contribution >= 4 is 11.5 Å². The number of halogens is 1. The van der Waals surface area contributed by atoms with Crippen molar-refractivity contribution < 1.29 is 9.31 Å². The fraction of sp³-hybridized carbons (Fsp3) is 0.143. The maximum absolute atomic E-state index is 12.8. The second-order valence-corrected chi connectivity index (χ2v) is 4.39. The maximum atomic E-state index is 12.8. The molecule has 7 heteroatoms. The third-order valence-electron chi connectivity index (χ3n) is 2.89. The zero-order valence-corrected chi connectivity index (χ0v) is 11.2. The summed E-state index contributed by atoms with van der Waals surface area (Å²) in [7, 11) is 1.73. The number of rotatable bonds is 4. The second-order valence-electron chi connectivity index (χ2n) is 4.39. The van der Waals surface area contributed by atoms with E-state index >= 15 is 0 Å². The summed E-state index contributed by atoms with van der Waals surface area (Å²) in [6.45, 7) is 0.440. The van der Waals surface area contributed by atoms with Gasteiger partial charge in [-0.05, 0) is 23.8 Å². The molecule has 0 amide bonds. The molecule has 0 bridgehead atoms. The summed E-state index contributed by atoms with van der Waals surface area (Å²) >= 11 is 0. The maximum Gasteiger partial charge on any atom is 0.305 e. The van der Waals surface area contributed by atoms with Gasteiger partial charge in [0.2, 0.25) is 5.69 Å². The van der Waals surface area contributed by atoms with Crippen LogP contribution in [0, 0.1) is 27.3 Å². The van der Waals surface area contributed by atoms with E-state index in [2.05, 4.69) is 4.98 Å². The molecule has 0 unspecified atom stereocenters. The van der Waals surface area contributed by atoms with Crippen molar-refractivity contribution in [3.8, 4) is 6.07 Å². The molecule has 1 heterocycles. The van der Waals surface area contributed by atoms with Crippen LogP contribution in [0.5, 0.6) is 0 Å². The average Bonchev–Trinajstić information content (AvgIpc) is 2.48. The van der Waals surface area contributed by atoms with Gasteiger partial charge >= 0.3 is 5.69 Å². The number of pyridine rings is 1. The molecule has 2 aromatic rings. The first kappa shape index (κ1) is 14.4. The molecular formula is C14H11FN4O2. The van der Waals surface area contributed by atoms with Gasteiger partial charge in [0.15, 0.2) is 0 Å². The Bertz CT molecular complexity index is 710. The molecule has 0 aliphatic carbocycles. The Balaban J connectivity index is 2.23. The van der Waals surface area contributed by atoms with E-state index in [9.17, 15) is 14.5 Å². The minimum absolute atomic E-state index is 0.233. The fourth-order valence-electron chi connectivity index (χ4n) is 1.83. The number of benzene rings is 1. The van der Waals surface area contributed by atoms with Gasteiger partial charge in [0.1, 0.15) is 17.7 Å². The molecule has 0 N–H and O–H groups in total. The minimum atomic E-state index is -0.644. The second kappa shape index (κ2) is 5.96. The van der Waals surface area contributed by atoms with Crippen LogP contribution >= 0.6 is 0 Å². The van der Waals surface area contributed by atoms with Crippen LogP contribution in [0.1, 0.15) is 11.3 Å². The van der Waals surface area contributed by atoms with Crippen molar-refractivity contribution in [1.82, 2.24) is 4.98 Å². The van der Waals surface area contributed by atoms with Crippen molar-refractivity contribution in [1.29, 1.82) is 5.26 Å². The summed E-state index contributed by atoms with van der Waals surface area (Å²) in [5, 5.41) is 19.7. The number of hydrogen-bond donors (Lipinski definition) is 0. The highest BCUT2D eigenvalue weighted by Gasteiger charge is 2.16. The van der Waals surface area contributed by atoms with E-state index in [0.717, 1.165) is 5.56 Å². The summed E-state index contributed by atoms with van der Waals surface area (Å²) in [6.07, 6.45) is 0. The van der Waals surface area contributed by atoms with Gasteiger partial charge in [-0.15, -0.1) is 0 Å². The van der Waals surface area contributed by atoms with Crippen LogP contribution in [-0.4, -0.2) is 17.0 Å². The molecule has 2 rings (SSSR count). The van der Waals surface area contributed by atoms with E-state index in [-0.39, 0.29) is 17.2 Å². The Kier molecular flexibility index (Phi) is 4.09. The van der Waals surface area contributed by atoms with E-state index in [1.54, 1.807) is 30.1 Å². The molecule has 0 fully saturated rings. The Morgan fingerprint density at radius 2 is 2.00 bits per heavy atom. The smallest absolute Gasteiger partial charge is 0.305 e. The zero-order valence-electron chi connectivity index (χ0n) is 11.2. The molecule has 0 aliphatic rings. The van der Waals surface area contributed by atoms with Gasteiger partial charge in [-0.3, -0.25) is 10.1 Å². The van der Waals surface area contributed by atoms with Crippen LogP contribution in [0.15, 0.2) is 36.4 Å². The quantitative estimate of drug-likeness (QED) is 0.637. The number of aromatic nitrogens is 1. The first-order valence-corrected chi connectivity index (χ1v) is 6.02. The highest BCUT2D eigenvalue weighted by atomic mass is 19.1. The molecule has 0 aliphatic heterocycles. The van der Waals surface area contributed by atoms with Crippen LogP contribution in [0.4, 0.5) is 15.9 Å². The van der Waals surface area contributed by atoms with Crippen molar-refractivity contribution in [2.45, 2.75) is 6.54 Å². The predicted octanol–water partition coefficient (Wildman–Crippen LogP) is 2.64. The van der Waals surface area contributed by atoms with Crippen molar-refractivity contribution in [3.63, 3.8) is 0 Å². The van der Waals surface area contributed by atoms with Gasteiger partial charge in [0.25, 0.3) is 0 Å². The molecule has 0 radical (unpaired) electrons. The van der Waals surface area contributed by atoms with E-state index in [1.807, 2.05) is 0 Å². The van der Waals surface area contributed by atoms with Crippen molar-refractivity contribution in [2.24, 2.45) is 0 Å². The largest absolute Gasteiger partial charge is 0.355 e. The Morgan fingerprint density at radius 1 is 1.33 bits per heavy atom. The number of anilines is 1. The monoisotopic (exact) mass is 286 g/mol. The van der Waals surface area contributed by atoms with Crippen molar-refractivity contribution in [2.75, 3.05) is 11.9 Å². The highest BCUT2D eigenvalue weighted by Crippen LogP contribution is 2.21. The highest BCUT2D eigenvalue weighted by molar-refractivity contribution is 5.51. The van der Waals surface area contributed by atoms with Gasteiger partial charge in [-0.1, -0.05) is 12.1 Å². The van der Waals surface area contributed by atoms with Gasteiger partial charge in [-0.25, -0.2) is 9.37 Å². The Hall–Kier alpha value is -3.01. The first-order chi connectivity index (χ1) is 10.0. The lowest BCUT2D eigenvalue weighted by Gasteiger charge is -2.18. The molecule has 0 saturated carbocycles. The molecule has 1 aromatic heterocycles. The molecule has 0 saturated heterocycles. The third-order valence-corrected chi connectivity index (χ3v) is 2.89. The van der Waals surface area contributed by atoms with Crippen LogP contribution < -0.4 is 4.90 Å². The molecular weight excluding hydrogens is 275 g/mol.